The number of hydrogen-bond donors (Lipinski definition) is 0. The van der Waals surface area contributed by atoms with E-state index < -0.39 is 31.3 Å². The molecular formula is C23H40O5S2. The second-order valence-electron chi connectivity index (χ2n) is 11.6. The molecule has 3 aliphatic rings. The van der Waals surface area contributed by atoms with Crippen molar-refractivity contribution in [2.75, 3.05) is 17.8 Å². The van der Waals surface area contributed by atoms with Crippen LogP contribution in [0.2, 0.25) is 0 Å². The summed E-state index contributed by atoms with van der Waals surface area (Å²) in [6.07, 6.45) is 8.99. The number of Topliss-reactive ketones (excluding diaryl/α,β-unsaturated/α-hetero) is 2. The average Bonchev–Trinajstić information content (AvgIpc) is 2.95. The van der Waals surface area contributed by atoms with E-state index in [0.29, 0.717) is 12.8 Å². The van der Waals surface area contributed by atoms with Crippen LogP contribution >= 0.6 is 10.3 Å². The van der Waals surface area contributed by atoms with E-state index in [1.54, 1.807) is 0 Å². The maximum absolute atomic E-state index is 13.4. The van der Waals surface area contributed by atoms with Gasteiger partial charge in [0, 0.05) is 17.1 Å². The van der Waals surface area contributed by atoms with Gasteiger partial charge in [-0.1, -0.05) is 53.9 Å². The number of carbonyl (C=O) groups excluding carboxylic acids is 2. The fraction of sp³-hybridized carbons (Fsp3) is 0.913. The van der Waals surface area contributed by atoms with Gasteiger partial charge in [0.1, 0.15) is 11.6 Å². The molecule has 3 aliphatic carbocycles. The van der Waals surface area contributed by atoms with Crippen LogP contribution in [0.25, 0.3) is 0 Å². The van der Waals surface area contributed by atoms with Gasteiger partial charge < -0.3 is 0 Å². The van der Waals surface area contributed by atoms with Crippen LogP contribution in [0.5, 0.6) is 0 Å². The number of rotatable bonds is 7. The van der Waals surface area contributed by atoms with Crippen LogP contribution in [0, 0.1) is 22.2 Å². The van der Waals surface area contributed by atoms with E-state index in [9.17, 15) is 18.0 Å². The fourth-order valence-corrected chi connectivity index (χ4v) is 12.4. The van der Waals surface area contributed by atoms with E-state index >= 15 is 0 Å². The van der Waals surface area contributed by atoms with Crippen LogP contribution < -0.4 is 0 Å². The fourth-order valence-electron chi connectivity index (χ4n) is 5.91. The van der Waals surface area contributed by atoms with Gasteiger partial charge in [0.05, 0.1) is 16.9 Å². The van der Waals surface area contributed by atoms with Crippen molar-refractivity contribution in [1.82, 2.24) is 0 Å². The first-order chi connectivity index (χ1) is 13.6. The molecule has 7 heteroatoms. The summed E-state index contributed by atoms with van der Waals surface area (Å²) < 4.78 is 32.9. The Hall–Kier alpha value is -0.400. The molecule has 0 aromatic heterocycles. The SMILES string of the molecule is CC(C)(C)C(=O)CS(C)(OS(=O)(=O)CC12CCC(CC1=O)C2(C)C)C1CCCCC1. The van der Waals surface area contributed by atoms with Crippen LogP contribution in [-0.2, 0) is 23.3 Å². The van der Waals surface area contributed by atoms with Crippen LogP contribution in [0.15, 0.2) is 0 Å². The number of carbonyl (C=O) groups is 2. The molecule has 0 amide bonds. The summed E-state index contributed by atoms with van der Waals surface area (Å²) >= 11 is 0. The molecule has 30 heavy (non-hydrogen) atoms. The largest absolute Gasteiger partial charge is 0.299 e. The molecule has 3 atom stereocenters. The Bertz CT molecular complexity index is 804. The van der Waals surface area contributed by atoms with Gasteiger partial charge in [0.2, 0.25) is 0 Å². The third-order valence-corrected chi connectivity index (χ3v) is 14.0. The Morgan fingerprint density at radius 2 is 1.70 bits per heavy atom. The van der Waals surface area contributed by atoms with E-state index in [2.05, 4.69) is 0 Å². The monoisotopic (exact) mass is 460 g/mol. The highest BCUT2D eigenvalue weighted by Gasteiger charge is 2.65. The van der Waals surface area contributed by atoms with Crippen LogP contribution in [-0.4, -0.2) is 43.0 Å². The topological polar surface area (TPSA) is 77.5 Å². The van der Waals surface area contributed by atoms with Gasteiger partial charge >= 0.3 is 0 Å². The maximum atomic E-state index is 13.4. The molecule has 0 aromatic carbocycles. The van der Waals surface area contributed by atoms with Gasteiger partial charge in [0.25, 0.3) is 10.1 Å². The standard InChI is InChI=1S/C23H40O5S2/c1-21(2,3)20(25)15-29(6,18-10-8-7-9-11-18)28-30(26,27)16-23-13-12-17(14-19(23)24)22(23,4)5/h17-18H,7-16H2,1-6H3. The molecule has 3 rings (SSSR count). The van der Waals surface area contributed by atoms with Crippen LogP contribution in [0.3, 0.4) is 0 Å². The van der Waals surface area contributed by atoms with Gasteiger partial charge in [-0.15, -0.1) is 10.3 Å². The first-order valence-electron chi connectivity index (χ1n) is 11.4. The van der Waals surface area contributed by atoms with Crippen molar-refractivity contribution in [3.8, 4) is 0 Å². The lowest BCUT2D eigenvalue weighted by atomic mass is 9.70. The minimum atomic E-state index is -3.95. The lowest BCUT2D eigenvalue weighted by molar-refractivity contribution is -0.128. The lowest BCUT2D eigenvalue weighted by Crippen LogP contribution is -2.43. The Morgan fingerprint density at radius 1 is 1.10 bits per heavy atom. The van der Waals surface area contributed by atoms with E-state index in [1.165, 1.54) is 0 Å². The predicted molar refractivity (Wildman–Crippen MR) is 123 cm³/mol. The summed E-state index contributed by atoms with van der Waals surface area (Å²) in [4.78, 5) is 25.8. The molecule has 5 nitrogen and oxygen atoms in total. The molecule has 0 N–H and O–H groups in total. The molecule has 174 valence electrons. The van der Waals surface area contributed by atoms with E-state index in [1.807, 2.05) is 40.9 Å². The smallest absolute Gasteiger partial charge is 0.277 e. The highest BCUT2D eigenvalue weighted by Crippen LogP contribution is 2.65. The summed E-state index contributed by atoms with van der Waals surface area (Å²) in [5.74, 6) is 0.335. The molecule has 0 aliphatic heterocycles. The molecule has 3 fully saturated rings. The number of fused-ring (bicyclic) bond motifs is 2. The van der Waals surface area contributed by atoms with E-state index in [0.717, 1.165) is 38.5 Å². The summed E-state index contributed by atoms with van der Waals surface area (Å²) in [6.45, 7) is 9.72. The maximum Gasteiger partial charge on any atom is 0.277 e. The molecular weight excluding hydrogens is 420 g/mol. The quantitative estimate of drug-likeness (QED) is 0.533. The van der Waals surface area contributed by atoms with Gasteiger partial charge in [-0.3, -0.25) is 9.59 Å². The first-order valence-corrected chi connectivity index (χ1v) is 15.2. The average molecular weight is 461 g/mol. The second-order valence-corrected chi connectivity index (χ2v) is 16.6. The minimum Gasteiger partial charge on any atom is -0.299 e. The Balaban J connectivity index is 1.87. The Kier molecular flexibility index (Phi) is 6.36. The molecule has 0 heterocycles. The third-order valence-electron chi connectivity index (χ3n) is 8.33. The molecule has 2 bridgehead atoms. The zero-order valence-corrected chi connectivity index (χ0v) is 21.2. The van der Waals surface area contributed by atoms with Gasteiger partial charge in [0.15, 0.2) is 0 Å². The van der Waals surface area contributed by atoms with Crippen molar-refractivity contribution in [2.24, 2.45) is 22.2 Å². The van der Waals surface area contributed by atoms with E-state index in [4.69, 9.17) is 3.63 Å². The lowest BCUT2D eigenvalue weighted by Gasteiger charge is -2.45. The minimum absolute atomic E-state index is 0.0529. The van der Waals surface area contributed by atoms with Crippen molar-refractivity contribution < 1.29 is 21.6 Å². The molecule has 0 spiro atoms. The van der Waals surface area contributed by atoms with Crippen molar-refractivity contribution >= 4 is 32.0 Å². The highest BCUT2D eigenvalue weighted by atomic mass is 32.3. The number of ketones is 2. The molecule has 0 radical (unpaired) electrons. The Morgan fingerprint density at radius 3 is 2.17 bits per heavy atom. The van der Waals surface area contributed by atoms with Gasteiger partial charge in [-0.05, 0) is 43.3 Å². The zero-order chi connectivity index (χ0) is 22.6. The van der Waals surface area contributed by atoms with Crippen molar-refractivity contribution in [3.63, 3.8) is 0 Å². The zero-order valence-electron chi connectivity index (χ0n) is 19.6. The van der Waals surface area contributed by atoms with Crippen molar-refractivity contribution in [2.45, 2.75) is 91.2 Å². The summed E-state index contributed by atoms with van der Waals surface area (Å²) in [7, 11) is -6.09. The van der Waals surface area contributed by atoms with Crippen molar-refractivity contribution in [3.05, 3.63) is 0 Å². The molecule has 3 unspecified atom stereocenters. The highest BCUT2D eigenvalue weighted by molar-refractivity contribution is 8.33. The van der Waals surface area contributed by atoms with Gasteiger partial charge in [-0.25, -0.2) is 3.63 Å². The van der Waals surface area contributed by atoms with Crippen LogP contribution in [0.4, 0.5) is 0 Å². The first kappa shape index (κ1) is 24.2. The van der Waals surface area contributed by atoms with E-state index in [-0.39, 0.29) is 39.7 Å². The van der Waals surface area contributed by atoms with Crippen LogP contribution in [0.1, 0.15) is 86.0 Å². The van der Waals surface area contributed by atoms with Gasteiger partial charge in [-0.2, -0.15) is 8.42 Å². The third kappa shape index (κ3) is 4.27. The summed E-state index contributed by atoms with van der Waals surface area (Å²) in [5.41, 5.74) is -1.69. The van der Waals surface area contributed by atoms with Crippen molar-refractivity contribution in [1.29, 1.82) is 0 Å². The summed E-state index contributed by atoms with van der Waals surface area (Å²) in [5, 5.41) is 0.119. The molecule has 3 saturated carbocycles. The Labute approximate surface area is 184 Å². The molecule has 0 saturated heterocycles. The second kappa shape index (κ2) is 7.87. The number of hydrogen-bond acceptors (Lipinski definition) is 5. The normalized spacial score (nSPS) is 32.7. The molecule has 0 aromatic rings. The predicted octanol–water partition coefficient (Wildman–Crippen LogP) is 5.03. The summed E-state index contributed by atoms with van der Waals surface area (Å²) in [6, 6.07) is 0.